The molecule has 0 aliphatic rings. The lowest BCUT2D eigenvalue weighted by atomic mass is 10.0. The summed E-state index contributed by atoms with van der Waals surface area (Å²) in [6.45, 7) is 9.28. The quantitative estimate of drug-likeness (QED) is 0.541. The highest BCUT2D eigenvalue weighted by Crippen LogP contribution is 2.08. The largest absolute Gasteiger partial charge is 0.316 e. The summed E-state index contributed by atoms with van der Waals surface area (Å²) in [6.07, 6.45) is 8.09. The van der Waals surface area contributed by atoms with Crippen LogP contribution < -0.4 is 5.32 Å². The molecule has 0 amide bonds. The molecule has 1 N–H and O–H groups in total. The van der Waals surface area contributed by atoms with E-state index in [0.717, 1.165) is 5.92 Å². The second-order valence-electron chi connectivity index (χ2n) is 3.97. The van der Waals surface area contributed by atoms with Crippen molar-refractivity contribution in [3.05, 3.63) is 0 Å². The van der Waals surface area contributed by atoms with E-state index in [4.69, 9.17) is 0 Å². The van der Waals surface area contributed by atoms with Gasteiger partial charge in [0.25, 0.3) is 0 Å². The molecular weight excluding hydrogens is 158 g/mol. The van der Waals surface area contributed by atoms with Crippen LogP contribution in [-0.2, 0) is 0 Å². The molecular formula is C12H27N. The van der Waals surface area contributed by atoms with Gasteiger partial charge >= 0.3 is 0 Å². The minimum absolute atomic E-state index is 0.909. The molecule has 1 heteroatoms. The highest BCUT2D eigenvalue weighted by molar-refractivity contribution is 4.59. The molecule has 0 bridgehead atoms. The average molecular weight is 185 g/mol. The summed E-state index contributed by atoms with van der Waals surface area (Å²) in [4.78, 5) is 0. The first-order valence-corrected chi connectivity index (χ1v) is 6.05. The van der Waals surface area contributed by atoms with Gasteiger partial charge in [-0.15, -0.1) is 0 Å². The number of rotatable bonds is 9. The van der Waals surface area contributed by atoms with Crippen molar-refractivity contribution in [3.63, 3.8) is 0 Å². The van der Waals surface area contributed by atoms with Crippen LogP contribution in [0.3, 0.4) is 0 Å². The van der Waals surface area contributed by atoms with Crippen LogP contribution in [0.15, 0.2) is 0 Å². The third-order valence-corrected chi connectivity index (χ3v) is 2.66. The summed E-state index contributed by atoms with van der Waals surface area (Å²) < 4.78 is 0. The highest BCUT2D eigenvalue weighted by atomic mass is 14.8. The smallest absolute Gasteiger partial charge is 0.00206 e. The zero-order valence-corrected chi connectivity index (χ0v) is 9.73. The molecule has 0 saturated carbocycles. The average Bonchev–Trinajstić information content (AvgIpc) is 2.16. The lowest BCUT2D eigenvalue weighted by Crippen LogP contribution is -2.23. The summed E-state index contributed by atoms with van der Waals surface area (Å²) in [6, 6.07) is 0. The zero-order valence-electron chi connectivity index (χ0n) is 9.73. The molecule has 80 valence electrons. The third kappa shape index (κ3) is 8.29. The van der Waals surface area contributed by atoms with Crippen LogP contribution in [0.2, 0.25) is 0 Å². The minimum atomic E-state index is 0.909. The van der Waals surface area contributed by atoms with Crippen LogP contribution in [0.25, 0.3) is 0 Å². The van der Waals surface area contributed by atoms with Gasteiger partial charge in [-0.05, 0) is 31.8 Å². The number of unbranched alkanes of at least 4 members (excludes halogenated alkanes) is 2. The molecule has 0 saturated heterocycles. The van der Waals surface area contributed by atoms with E-state index >= 15 is 0 Å². The second kappa shape index (κ2) is 10.0. The van der Waals surface area contributed by atoms with Crippen LogP contribution in [-0.4, -0.2) is 13.1 Å². The van der Waals surface area contributed by atoms with Crippen LogP contribution in [0.5, 0.6) is 0 Å². The summed E-state index contributed by atoms with van der Waals surface area (Å²) >= 11 is 0. The highest BCUT2D eigenvalue weighted by Gasteiger charge is 2.02. The third-order valence-electron chi connectivity index (χ3n) is 2.66. The maximum Gasteiger partial charge on any atom is -0.00206 e. The molecule has 0 aromatic heterocycles. The fourth-order valence-electron chi connectivity index (χ4n) is 1.66. The van der Waals surface area contributed by atoms with Gasteiger partial charge in [0.2, 0.25) is 0 Å². The Balaban J connectivity index is 3.17. The first-order valence-electron chi connectivity index (χ1n) is 6.05. The summed E-state index contributed by atoms with van der Waals surface area (Å²) in [5.41, 5.74) is 0. The van der Waals surface area contributed by atoms with E-state index in [-0.39, 0.29) is 0 Å². The Morgan fingerprint density at radius 2 is 1.77 bits per heavy atom. The van der Waals surface area contributed by atoms with E-state index in [1.165, 1.54) is 51.6 Å². The van der Waals surface area contributed by atoms with Gasteiger partial charge in [0.15, 0.2) is 0 Å². The van der Waals surface area contributed by atoms with Gasteiger partial charge in [0.05, 0.1) is 0 Å². The van der Waals surface area contributed by atoms with Gasteiger partial charge in [-0.3, -0.25) is 0 Å². The molecule has 0 radical (unpaired) electrons. The summed E-state index contributed by atoms with van der Waals surface area (Å²) in [7, 11) is 0. The van der Waals surface area contributed by atoms with Crippen molar-refractivity contribution in [1.29, 1.82) is 0 Å². The molecule has 0 aliphatic heterocycles. The molecule has 0 aromatic rings. The fourth-order valence-corrected chi connectivity index (χ4v) is 1.66. The molecule has 0 heterocycles. The summed E-state index contributed by atoms with van der Waals surface area (Å²) in [5, 5.41) is 3.56. The number of hydrogen-bond acceptors (Lipinski definition) is 1. The van der Waals surface area contributed by atoms with Crippen molar-refractivity contribution in [2.24, 2.45) is 5.92 Å². The number of hydrogen-bond donors (Lipinski definition) is 1. The molecule has 1 unspecified atom stereocenters. The Labute approximate surface area is 84.3 Å². The second-order valence-corrected chi connectivity index (χ2v) is 3.97. The van der Waals surface area contributed by atoms with Gasteiger partial charge in [0, 0.05) is 0 Å². The van der Waals surface area contributed by atoms with Crippen LogP contribution >= 0.6 is 0 Å². The predicted octanol–water partition coefficient (Wildman–Crippen LogP) is 3.59. The lowest BCUT2D eigenvalue weighted by Gasteiger charge is -2.14. The van der Waals surface area contributed by atoms with Crippen LogP contribution in [0, 0.1) is 5.92 Å². The molecule has 0 spiro atoms. The number of nitrogens with one attached hydrogen (secondary N) is 1. The maximum atomic E-state index is 3.56. The van der Waals surface area contributed by atoms with Crippen LogP contribution in [0.4, 0.5) is 0 Å². The van der Waals surface area contributed by atoms with E-state index < -0.39 is 0 Å². The predicted molar refractivity (Wildman–Crippen MR) is 61.1 cm³/mol. The van der Waals surface area contributed by atoms with Crippen molar-refractivity contribution in [1.82, 2.24) is 5.32 Å². The van der Waals surface area contributed by atoms with Gasteiger partial charge in [0.1, 0.15) is 0 Å². The van der Waals surface area contributed by atoms with E-state index in [2.05, 4.69) is 26.1 Å². The monoisotopic (exact) mass is 185 g/mol. The zero-order chi connectivity index (χ0) is 9.94. The van der Waals surface area contributed by atoms with Gasteiger partial charge in [-0.1, -0.05) is 46.5 Å². The van der Waals surface area contributed by atoms with Crippen molar-refractivity contribution in [2.75, 3.05) is 13.1 Å². The lowest BCUT2D eigenvalue weighted by molar-refractivity contribution is 0.426. The van der Waals surface area contributed by atoms with Crippen molar-refractivity contribution in [3.8, 4) is 0 Å². The molecule has 13 heavy (non-hydrogen) atoms. The van der Waals surface area contributed by atoms with E-state index in [9.17, 15) is 0 Å². The molecule has 0 fully saturated rings. The topological polar surface area (TPSA) is 12.0 Å². The Kier molecular flexibility index (Phi) is 10.0. The maximum absolute atomic E-state index is 3.56. The SMILES string of the molecule is CCCCCNCC(CC)CCC. The first-order chi connectivity index (χ1) is 6.35. The van der Waals surface area contributed by atoms with Crippen molar-refractivity contribution >= 4 is 0 Å². The first kappa shape index (κ1) is 13.0. The minimum Gasteiger partial charge on any atom is -0.316 e. The van der Waals surface area contributed by atoms with E-state index in [1.807, 2.05) is 0 Å². The molecule has 0 aliphatic carbocycles. The van der Waals surface area contributed by atoms with E-state index in [0.29, 0.717) is 0 Å². The fraction of sp³-hybridized carbons (Fsp3) is 1.00. The van der Waals surface area contributed by atoms with Gasteiger partial charge in [-0.25, -0.2) is 0 Å². The molecule has 1 atom stereocenters. The van der Waals surface area contributed by atoms with Crippen molar-refractivity contribution in [2.45, 2.75) is 59.3 Å². The van der Waals surface area contributed by atoms with Gasteiger partial charge in [-0.2, -0.15) is 0 Å². The van der Waals surface area contributed by atoms with E-state index in [1.54, 1.807) is 0 Å². The van der Waals surface area contributed by atoms with Crippen molar-refractivity contribution < 1.29 is 0 Å². The molecule has 0 rings (SSSR count). The normalized spacial score (nSPS) is 13.2. The Hall–Kier alpha value is -0.0400. The Morgan fingerprint density at radius 1 is 1.00 bits per heavy atom. The Morgan fingerprint density at radius 3 is 2.31 bits per heavy atom. The summed E-state index contributed by atoms with van der Waals surface area (Å²) in [5.74, 6) is 0.909. The molecule has 0 aromatic carbocycles. The standard InChI is InChI=1S/C12H27N/c1-4-7-8-10-13-11-12(6-3)9-5-2/h12-13H,4-11H2,1-3H3. The van der Waals surface area contributed by atoms with Gasteiger partial charge < -0.3 is 5.32 Å². The molecule has 1 nitrogen and oxygen atoms in total. The Bertz CT molecular complexity index is 91.1. The van der Waals surface area contributed by atoms with Crippen LogP contribution in [0.1, 0.15) is 59.3 Å².